The number of hydrogen-bond donors (Lipinski definition) is 1. The van der Waals surface area contributed by atoms with Gasteiger partial charge in [-0.2, -0.15) is 0 Å². The Kier molecular flexibility index (Phi) is 8.46. The fourth-order valence-corrected chi connectivity index (χ4v) is 5.71. The Hall–Kier alpha value is -4.16. The molecule has 40 heavy (non-hydrogen) atoms. The number of fused-ring (bicyclic) bond motifs is 6. The van der Waals surface area contributed by atoms with Crippen LogP contribution < -0.4 is 9.47 Å². The molecule has 0 aromatic heterocycles. The maximum absolute atomic E-state index is 12.9. The summed E-state index contributed by atoms with van der Waals surface area (Å²) in [4.78, 5) is 15.8. The van der Waals surface area contributed by atoms with Crippen LogP contribution in [0.5, 0.6) is 23.0 Å². The molecule has 0 radical (unpaired) electrons. The standard InChI is InChI=1S/C32H35N3O5/c1-2-22(34-35-33)12-8-6-4-3-5-7-11-19-38-24-16-18-28-30(21-24)39-29-20-23(36)15-17-27(29)32(28)26-14-10-9-13-25(26)31(37)40-32/h9-10,13-18,20-22,36H,2-8,11-12,19H2,1H3. The number of carbonyl (C=O) groups excluding carboxylic acids is 1. The number of benzene rings is 3. The van der Waals surface area contributed by atoms with Crippen molar-refractivity contribution in [1.29, 1.82) is 0 Å². The monoisotopic (exact) mass is 541 g/mol. The van der Waals surface area contributed by atoms with Gasteiger partial charge in [0, 0.05) is 39.8 Å². The van der Waals surface area contributed by atoms with Crippen molar-refractivity contribution in [3.05, 3.63) is 93.4 Å². The average Bonchev–Trinajstić information content (AvgIpc) is 3.25. The first-order valence-electron chi connectivity index (χ1n) is 14.2. The van der Waals surface area contributed by atoms with Crippen molar-refractivity contribution in [1.82, 2.24) is 0 Å². The van der Waals surface area contributed by atoms with Crippen LogP contribution in [0.4, 0.5) is 0 Å². The Morgan fingerprint density at radius 1 is 0.925 bits per heavy atom. The van der Waals surface area contributed by atoms with Crippen molar-refractivity contribution in [3.63, 3.8) is 0 Å². The minimum atomic E-state index is -1.15. The molecule has 0 bridgehead atoms. The van der Waals surface area contributed by atoms with Gasteiger partial charge in [0.2, 0.25) is 0 Å². The predicted octanol–water partition coefficient (Wildman–Crippen LogP) is 8.55. The van der Waals surface area contributed by atoms with Crippen LogP contribution in [-0.2, 0) is 10.3 Å². The van der Waals surface area contributed by atoms with E-state index in [2.05, 4.69) is 16.9 Å². The number of aromatic hydroxyl groups is 1. The smallest absolute Gasteiger partial charge is 0.340 e. The van der Waals surface area contributed by atoms with E-state index in [0.717, 1.165) is 49.7 Å². The highest BCUT2D eigenvalue weighted by Crippen LogP contribution is 2.56. The molecule has 1 N–H and O–H groups in total. The normalized spacial score (nSPS) is 17.2. The summed E-state index contributed by atoms with van der Waals surface area (Å²) in [6.07, 6.45) is 9.77. The minimum absolute atomic E-state index is 0.0701. The zero-order chi connectivity index (χ0) is 28.0. The van der Waals surface area contributed by atoms with E-state index in [4.69, 9.17) is 19.7 Å². The van der Waals surface area contributed by atoms with Crippen LogP contribution in [0.15, 0.2) is 65.8 Å². The number of hydrogen-bond acceptors (Lipinski definition) is 6. The van der Waals surface area contributed by atoms with E-state index in [-0.39, 0.29) is 17.8 Å². The summed E-state index contributed by atoms with van der Waals surface area (Å²) in [5, 5.41) is 14.0. The van der Waals surface area contributed by atoms with E-state index in [1.807, 2.05) is 36.4 Å². The lowest BCUT2D eigenvalue weighted by Crippen LogP contribution is -2.32. The third-order valence-corrected chi connectivity index (χ3v) is 7.81. The summed E-state index contributed by atoms with van der Waals surface area (Å²) >= 11 is 0. The second-order valence-electron chi connectivity index (χ2n) is 10.4. The summed E-state index contributed by atoms with van der Waals surface area (Å²) in [7, 11) is 0. The van der Waals surface area contributed by atoms with Gasteiger partial charge in [-0.3, -0.25) is 0 Å². The summed E-state index contributed by atoms with van der Waals surface area (Å²) in [6, 6.07) is 18.0. The van der Waals surface area contributed by atoms with Crippen LogP contribution >= 0.6 is 0 Å². The van der Waals surface area contributed by atoms with Crippen LogP contribution in [0.1, 0.15) is 91.8 Å². The molecule has 0 saturated carbocycles. The zero-order valence-electron chi connectivity index (χ0n) is 22.8. The first-order valence-corrected chi connectivity index (χ1v) is 14.2. The van der Waals surface area contributed by atoms with Crippen LogP contribution in [0.2, 0.25) is 0 Å². The Bertz CT molecular complexity index is 1420. The van der Waals surface area contributed by atoms with Crippen molar-refractivity contribution in [2.24, 2.45) is 5.11 Å². The predicted molar refractivity (Wildman–Crippen MR) is 152 cm³/mol. The Morgan fingerprint density at radius 2 is 1.62 bits per heavy atom. The van der Waals surface area contributed by atoms with E-state index in [9.17, 15) is 9.90 Å². The number of phenols is 1. The number of carbonyl (C=O) groups is 1. The van der Waals surface area contributed by atoms with Gasteiger partial charge in [0.05, 0.1) is 12.2 Å². The van der Waals surface area contributed by atoms with Gasteiger partial charge in [-0.1, -0.05) is 68.8 Å². The summed E-state index contributed by atoms with van der Waals surface area (Å²) in [5.74, 6) is 1.34. The topological polar surface area (TPSA) is 114 Å². The van der Waals surface area contributed by atoms with Gasteiger partial charge in [-0.25, -0.2) is 4.79 Å². The lowest BCUT2D eigenvalue weighted by molar-refractivity contribution is 0.0224. The molecule has 1 spiro atoms. The molecule has 2 aliphatic rings. The van der Waals surface area contributed by atoms with E-state index in [1.54, 1.807) is 24.3 Å². The number of rotatable bonds is 13. The average molecular weight is 542 g/mol. The van der Waals surface area contributed by atoms with E-state index in [1.165, 1.54) is 19.3 Å². The fourth-order valence-electron chi connectivity index (χ4n) is 5.71. The molecule has 0 aliphatic carbocycles. The van der Waals surface area contributed by atoms with Crippen molar-refractivity contribution in [3.8, 4) is 23.0 Å². The molecule has 208 valence electrons. The molecular formula is C32H35N3O5. The molecule has 3 aromatic rings. The van der Waals surface area contributed by atoms with Gasteiger partial charge >= 0.3 is 5.97 Å². The number of nitrogens with zero attached hydrogens (tertiary/aromatic N) is 3. The Morgan fingerprint density at radius 3 is 2.40 bits per heavy atom. The largest absolute Gasteiger partial charge is 0.508 e. The Labute approximate surface area is 234 Å². The lowest BCUT2D eigenvalue weighted by Gasteiger charge is -2.36. The van der Waals surface area contributed by atoms with Gasteiger partial charge in [0.25, 0.3) is 0 Å². The minimum Gasteiger partial charge on any atom is -0.508 e. The number of azide groups is 1. The van der Waals surface area contributed by atoms with Gasteiger partial charge in [-0.15, -0.1) is 0 Å². The first kappa shape index (κ1) is 27.4. The highest BCUT2D eigenvalue weighted by atomic mass is 16.6. The maximum atomic E-state index is 12.9. The van der Waals surface area contributed by atoms with E-state index >= 15 is 0 Å². The van der Waals surface area contributed by atoms with E-state index < -0.39 is 5.60 Å². The molecular weight excluding hydrogens is 506 g/mol. The summed E-state index contributed by atoms with van der Waals surface area (Å²) in [6.45, 7) is 2.66. The molecule has 0 fully saturated rings. The highest BCUT2D eigenvalue weighted by Gasteiger charge is 2.53. The third-order valence-electron chi connectivity index (χ3n) is 7.81. The number of phenolic OH excluding ortho intramolecular Hbond substituents is 1. The lowest BCUT2D eigenvalue weighted by atomic mass is 9.77. The van der Waals surface area contributed by atoms with Gasteiger partial charge in [0.1, 0.15) is 23.0 Å². The van der Waals surface area contributed by atoms with Crippen molar-refractivity contribution in [2.45, 2.75) is 76.4 Å². The molecule has 3 aromatic carbocycles. The van der Waals surface area contributed by atoms with Crippen molar-refractivity contribution < 1.29 is 24.1 Å². The molecule has 0 saturated heterocycles. The second kappa shape index (κ2) is 12.3. The van der Waals surface area contributed by atoms with Crippen molar-refractivity contribution in [2.75, 3.05) is 6.61 Å². The van der Waals surface area contributed by atoms with Gasteiger partial charge in [0.15, 0.2) is 5.60 Å². The van der Waals surface area contributed by atoms with Crippen molar-refractivity contribution >= 4 is 5.97 Å². The summed E-state index contributed by atoms with van der Waals surface area (Å²) < 4.78 is 18.4. The molecule has 2 heterocycles. The second-order valence-corrected chi connectivity index (χ2v) is 10.4. The number of esters is 1. The third kappa shape index (κ3) is 5.45. The van der Waals surface area contributed by atoms with Gasteiger partial charge < -0.3 is 19.3 Å². The quantitative estimate of drug-likeness (QED) is 0.0765. The molecule has 5 rings (SSSR count). The molecule has 8 nitrogen and oxygen atoms in total. The van der Waals surface area contributed by atoms with Gasteiger partial charge in [-0.05, 0) is 55.1 Å². The molecule has 0 amide bonds. The van der Waals surface area contributed by atoms with E-state index in [0.29, 0.717) is 35.0 Å². The molecule has 2 atom stereocenters. The number of unbranched alkanes of at least 4 members (excludes halogenated alkanes) is 6. The highest BCUT2D eigenvalue weighted by molar-refractivity contribution is 5.97. The zero-order valence-corrected chi connectivity index (χ0v) is 22.8. The first-order chi connectivity index (χ1) is 19.6. The van der Waals surface area contributed by atoms with Crippen LogP contribution in [-0.4, -0.2) is 23.7 Å². The summed E-state index contributed by atoms with van der Waals surface area (Å²) in [5.41, 5.74) is 10.1. The maximum Gasteiger partial charge on any atom is 0.340 e. The molecule has 2 aliphatic heterocycles. The van der Waals surface area contributed by atoms with Crippen LogP contribution in [0.25, 0.3) is 10.4 Å². The Balaban J connectivity index is 1.18. The number of ether oxygens (including phenoxy) is 3. The van der Waals surface area contributed by atoms with Crippen LogP contribution in [0.3, 0.4) is 0 Å². The fraction of sp³-hybridized carbons (Fsp3) is 0.406. The molecule has 2 unspecified atom stereocenters. The van der Waals surface area contributed by atoms with Crippen LogP contribution in [0, 0.1) is 0 Å². The SMILES string of the molecule is CCC(CCCCCCCCCOc1ccc2c(c1)Oc1cc(O)ccc1C21OC(=O)c2ccccc21)N=[N+]=[N-]. The molecule has 8 heteroatoms.